The molecule has 0 aliphatic carbocycles. The van der Waals surface area contributed by atoms with Crippen LogP contribution in [0.4, 0.5) is 5.13 Å². The summed E-state index contributed by atoms with van der Waals surface area (Å²) in [4.78, 5) is 15.7. The van der Waals surface area contributed by atoms with Gasteiger partial charge in [-0.25, -0.2) is 4.98 Å². The summed E-state index contributed by atoms with van der Waals surface area (Å²) in [7, 11) is 3.15. The zero-order chi connectivity index (χ0) is 18.2. The second-order valence-electron chi connectivity index (χ2n) is 4.72. The predicted octanol–water partition coefficient (Wildman–Crippen LogP) is 3.47. The molecule has 0 radical (unpaired) electrons. The van der Waals surface area contributed by atoms with E-state index in [9.17, 15) is 4.79 Å². The van der Waals surface area contributed by atoms with Gasteiger partial charge in [-0.05, 0) is 35.0 Å². The summed E-state index contributed by atoms with van der Waals surface area (Å²) in [5, 5.41) is 6.55. The standard InChI is InChI=1S/C16H18BrN3O4S/c1-4-24-15(21)6-11-9-25-16(19-11)20-18-8-10-5-13(22-2)14(23-3)7-12(10)17/h5,7-9H,4,6H2,1-3H3,(H,19,20). The third-order valence-corrected chi connectivity index (χ3v) is 4.53. The first kappa shape index (κ1) is 19.2. The molecule has 0 fully saturated rings. The molecule has 0 unspecified atom stereocenters. The van der Waals surface area contributed by atoms with Crippen LogP contribution in [0.3, 0.4) is 0 Å². The summed E-state index contributed by atoms with van der Waals surface area (Å²) in [5.74, 6) is 0.943. The molecule has 0 aliphatic heterocycles. The van der Waals surface area contributed by atoms with E-state index in [1.807, 2.05) is 6.07 Å². The second-order valence-corrected chi connectivity index (χ2v) is 6.44. The number of carbonyl (C=O) groups excluding carboxylic acids is 1. The molecule has 0 amide bonds. The summed E-state index contributed by atoms with van der Waals surface area (Å²) in [6.07, 6.45) is 1.79. The quantitative estimate of drug-likeness (QED) is 0.394. The fourth-order valence-electron chi connectivity index (χ4n) is 1.93. The largest absolute Gasteiger partial charge is 0.493 e. The Morgan fingerprint density at radius 2 is 2.08 bits per heavy atom. The lowest BCUT2D eigenvalue weighted by Crippen LogP contribution is -2.07. The van der Waals surface area contributed by atoms with Crippen molar-refractivity contribution in [2.75, 3.05) is 26.3 Å². The molecule has 2 aromatic rings. The highest BCUT2D eigenvalue weighted by Crippen LogP contribution is 2.32. The number of ether oxygens (including phenoxy) is 3. The fraction of sp³-hybridized carbons (Fsp3) is 0.312. The summed E-state index contributed by atoms with van der Waals surface area (Å²) in [6, 6.07) is 3.61. The molecule has 9 heteroatoms. The molecule has 0 spiro atoms. The summed E-state index contributed by atoms with van der Waals surface area (Å²) in [6.45, 7) is 2.13. The SMILES string of the molecule is CCOC(=O)Cc1csc(NN=Cc2cc(OC)c(OC)cc2Br)n1. The average molecular weight is 428 g/mol. The monoisotopic (exact) mass is 427 g/mol. The van der Waals surface area contributed by atoms with E-state index in [4.69, 9.17) is 14.2 Å². The van der Waals surface area contributed by atoms with Crippen molar-refractivity contribution in [3.63, 3.8) is 0 Å². The molecule has 0 bridgehead atoms. The molecule has 1 aromatic heterocycles. The average Bonchev–Trinajstić information content (AvgIpc) is 3.03. The molecule has 1 N–H and O–H groups in total. The first-order valence-electron chi connectivity index (χ1n) is 7.38. The molecule has 0 aliphatic rings. The molecule has 25 heavy (non-hydrogen) atoms. The minimum atomic E-state index is -0.294. The van der Waals surface area contributed by atoms with Crippen LogP contribution < -0.4 is 14.9 Å². The Balaban J connectivity index is 2.02. The molecule has 1 heterocycles. The maximum absolute atomic E-state index is 11.4. The van der Waals surface area contributed by atoms with Crippen LogP contribution in [0.2, 0.25) is 0 Å². The Morgan fingerprint density at radius 3 is 2.76 bits per heavy atom. The number of benzene rings is 1. The lowest BCUT2D eigenvalue weighted by molar-refractivity contribution is -0.142. The van der Waals surface area contributed by atoms with Crippen molar-refractivity contribution < 1.29 is 19.0 Å². The van der Waals surface area contributed by atoms with E-state index in [-0.39, 0.29) is 12.4 Å². The van der Waals surface area contributed by atoms with E-state index in [2.05, 4.69) is 31.4 Å². The molecule has 0 atom stereocenters. The Bertz CT molecular complexity index is 764. The van der Waals surface area contributed by atoms with Gasteiger partial charge in [-0.3, -0.25) is 10.2 Å². The number of halogens is 1. The lowest BCUT2D eigenvalue weighted by Gasteiger charge is -2.09. The van der Waals surface area contributed by atoms with Gasteiger partial charge in [0.1, 0.15) is 0 Å². The van der Waals surface area contributed by atoms with Gasteiger partial charge in [0.25, 0.3) is 0 Å². The molecule has 2 rings (SSSR count). The fourth-order valence-corrected chi connectivity index (χ4v) is 3.01. The Hall–Kier alpha value is -2.13. The number of aromatic nitrogens is 1. The van der Waals surface area contributed by atoms with Gasteiger partial charge in [-0.2, -0.15) is 5.10 Å². The highest BCUT2D eigenvalue weighted by atomic mass is 79.9. The molecule has 1 aromatic carbocycles. The maximum atomic E-state index is 11.4. The predicted molar refractivity (Wildman–Crippen MR) is 101 cm³/mol. The van der Waals surface area contributed by atoms with Crippen LogP contribution in [0.1, 0.15) is 18.2 Å². The summed E-state index contributed by atoms with van der Waals surface area (Å²) >= 11 is 4.83. The van der Waals surface area contributed by atoms with Crippen molar-refractivity contribution in [1.29, 1.82) is 0 Å². The van der Waals surface area contributed by atoms with Gasteiger partial charge in [-0.15, -0.1) is 11.3 Å². The van der Waals surface area contributed by atoms with Gasteiger partial charge in [0.05, 0.1) is 39.2 Å². The summed E-state index contributed by atoms with van der Waals surface area (Å²) in [5.41, 5.74) is 4.30. The zero-order valence-electron chi connectivity index (χ0n) is 14.0. The molecule has 0 saturated heterocycles. The molecule has 0 saturated carbocycles. The van der Waals surface area contributed by atoms with Gasteiger partial charge < -0.3 is 14.2 Å². The van der Waals surface area contributed by atoms with E-state index in [0.717, 1.165) is 10.0 Å². The van der Waals surface area contributed by atoms with Gasteiger partial charge >= 0.3 is 5.97 Å². The topological polar surface area (TPSA) is 82.0 Å². The second kappa shape index (κ2) is 9.38. The van der Waals surface area contributed by atoms with E-state index in [1.54, 1.807) is 38.8 Å². The van der Waals surface area contributed by atoms with Crippen molar-refractivity contribution in [3.05, 3.63) is 33.2 Å². The first-order chi connectivity index (χ1) is 12.1. The zero-order valence-corrected chi connectivity index (χ0v) is 16.4. The molecular weight excluding hydrogens is 410 g/mol. The van der Waals surface area contributed by atoms with Gasteiger partial charge in [0.15, 0.2) is 11.5 Å². The van der Waals surface area contributed by atoms with Crippen molar-refractivity contribution in [2.24, 2.45) is 5.10 Å². The minimum Gasteiger partial charge on any atom is -0.493 e. The molecular formula is C16H18BrN3O4S. The number of esters is 1. The van der Waals surface area contributed by atoms with Crippen LogP contribution in [-0.4, -0.2) is 38.0 Å². The van der Waals surface area contributed by atoms with Crippen LogP contribution >= 0.6 is 27.3 Å². The number of methoxy groups -OCH3 is 2. The number of hydrogen-bond acceptors (Lipinski definition) is 8. The van der Waals surface area contributed by atoms with Crippen molar-refractivity contribution in [1.82, 2.24) is 4.98 Å². The van der Waals surface area contributed by atoms with E-state index in [1.165, 1.54) is 11.3 Å². The van der Waals surface area contributed by atoms with Gasteiger partial charge in [-0.1, -0.05) is 0 Å². The Kier molecular flexibility index (Phi) is 7.20. The maximum Gasteiger partial charge on any atom is 0.311 e. The Labute approximate surface area is 158 Å². The first-order valence-corrected chi connectivity index (χ1v) is 9.05. The molecule has 7 nitrogen and oxygen atoms in total. The van der Waals surface area contributed by atoms with Crippen LogP contribution in [0.5, 0.6) is 11.5 Å². The van der Waals surface area contributed by atoms with E-state index >= 15 is 0 Å². The molecule has 134 valence electrons. The third-order valence-electron chi connectivity index (χ3n) is 3.05. The third kappa shape index (κ3) is 5.43. The van der Waals surface area contributed by atoms with Crippen LogP contribution in [0.15, 0.2) is 27.1 Å². The van der Waals surface area contributed by atoms with Crippen molar-refractivity contribution in [3.8, 4) is 11.5 Å². The van der Waals surface area contributed by atoms with Crippen LogP contribution in [-0.2, 0) is 16.0 Å². The van der Waals surface area contributed by atoms with Crippen LogP contribution in [0.25, 0.3) is 0 Å². The van der Waals surface area contributed by atoms with Gasteiger partial charge in [0.2, 0.25) is 5.13 Å². The lowest BCUT2D eigenvalue weighted by atomic mass is 10.2. The van der Waals surface area contributed by atoms with Gasteiger partial charge in [0, 0.05) is 15.4 Å². The normalized spacial score (nSPS) is 10.7. The number of anilines is 1. The number of nitrogens with one attached hydrogen (secondary N) is 1. The van der Waals surface area contributed by atoms with E-state index in [0.29, 0.717) is 28.9 Å². The Morgan fingerprint density at radius 1 is 1.36 bits per heavy atom. The smallest absolute Gasteiger partial charge is 0.311 e. The number of hydrogen-bond donors (Lipinski definition) is 1. The summed E-state index contributed by atoms with van der Waals surface area (Å²) < 4.78 is 16.2. The number of thiazole rings is 1. The number of hydrazone groups is 1. The number of nitrogens with zero attached hydrogens (tertiary/aromatic N) is 2. The number of carbonyl (C=O) groups is 1. The van der Waals surface area contributed by atoms with Crippen molar-refractivity contribution in [2.45, 2.75) is 13.3 Å². The van der Waals surface area contributed by atoms with Crippen molar-refractivity contribution >= 4 is 44.6 Å². The highest BCUT2D eigenvalue weighted by Gasteiger charge is 2.09. The minimum absolute atomic E-state index is 0.150. The number of rotatable bonds is 8. The highest BCUT2D eigenvalue weighted by molar-refractivity contribution is 9.10. The van der Waals surface area contributed by atoms with E-state index < -0.39 is 0 Å². The van der Waals surface area contributed by atoms with Crippen LogP contribution in [0, 0.1) is 0 Å².